The SMILES string of the molecule is Cc1cc(C)nc(C[C@H]2COCCN(C(=O)c3scnc3C)C2)n1. The molecule has 0 radical (unpaired) electrons. The van der Waals surface area contributed by atoms with Crippen molar-refractivity contribution < 1.29 is 9.53 Å². The standard InChI is InChI=1S/C17H22N4O2S/c1-11-6-12(2)20-15(19-11)7-14-8-21(4-5-23-9-14)17(22)16-13(3)18-10-24-16/h6,10,14H,4-5,7-9H2,1-3H3/t14-/m1/s1. The van der Waals surface area contributed by atoms with Gasteiger partial charge in [-0.2, -0.15) is 0 Å². The van der Waals surface area contributed by atoms with E-state index in [9.17, 15) is 4.79 Å². The van der Waals surface area contributed by atoms with Crippen molar-refractivity contribution in [3.05, 3.63) is 39.4 Å². The first kappa shape index (κ1) is 17.0. The minimum atomic E-state index is 0.0480. The molecule has 6 nitrogen and oxygen atoms in total. The molecule has 7 heteroatoms. The lowest BCUT2D eigenvalue weighted by Crippen LogP contribution is -2.36. The Balaban J connectivity index is 1.73. The molecule has 128 valence electrons. The molecule has 0 saturated carbocycles. The summed E-state index contributed by atoms with van der Waals surface area (Å²) in [4.78, 5) is 28.6. The Morgan fingerprint density at radius 3 is 2.75 bits per heavy atom. The van der Waals surface area contributed by atoms with E-state index in [4.69, 9.17) is 4.74 Å². The maximum absolute atomic E-state index is 12.8. The van der Waals surface area contributed by atoms with Gasteiger partial charge >= 0.3 is 0 Å². The van der Waals surface area contributed by atoms with Gasteiger partial charge in [0.25, 0.3) is 5.91 Å². The molecule has 2 aromatic heterocycles. The molecule has 24 heavy (non-hydrogen) atoms. The van der Waals surface area contributed by atoms with Gasteiger partial charge in [0.15, 0.2) is 0 Å². The van der Waals surface area contributed by atoms with Gasteiger partial charge in [0.2, 0.25) is 0 Å². The Morgan fingerprint density at radius 2 is 2.08 bits per heavy atom. The van der Waals surface area contributed by atoms with Crippen LogP contribution in [0.25, 0.3) is 0 Å². The highest BCUT2D eigenvalue weighted by molar-refractivity contribution is 7.11. The van der Waals surface area contributed by atoms with Gasteiger partial charge < -0.3 is 9.64 Å². The quantitative estimate of drug-likeness (QED) is 0.852. The molecule has 0 unspecified atom stereocenters. The number of carbonyl (C=O) groups excluding carboxylic acids is 1. The molecule has 1 atom stereocenters. The van der Waals surface area contributed by atoms with Crippen LogP contribution in [0.5, 0.6) is 0 Å². The van der Waals surface area contributed by atoms with Gasteiger partial charge in [-0.15, -0.1) is 11.3 Å². The number of hydrogen-bond acceptors (Lipinski definition) is 6. The summed E-state index contributed by atoms with van der Waals surface area (Å²) in [7, 11) is 0. The molecule has 3 rings (SSSR count). The van der Waals surface area contributed by atoms with Crippen LogP contribution in [-0.4, -0.2) is 52.1 Å². The highest BCUT2D eigenvalue weighted by atomic mass is 32.1. The fourth-order valence-corrected chi connectivity index (χ4v) is 3.76. The summed E-state index contributed by atoms with van der Waals surface area (Å²) in [5.74, 6) is 1.07. The number of aromatic nitrogens is 3. The van der Waals surface area contributed by atoms with E-state index in [2.05, 4.69) is 15.0 Å². The topological polar surface area (TPSA) is 68.2 Å². The zero-order valence-electron chi connectivity index (χ0n) is 14.3. The third-order valence-electron chi connectivity index (χ3n) is 4.06. The molecule has 0 bridgehead atoms. The monoisotopic (exact) mass is 346 g/mol. The average molecular weight is 346 g/mol. The maximum atomic E-state index is 12.8. The van der Waals surface area contributed by atoms with Crippen molar-refractivity contribution in [2.24, 2.45) is 5.92 Å². The second kappa shape index (κ2) is 7.36. The second-order valence-corrected chi connectivity index (χ2v) is 7.08. The number of ether oxygens (including phenoxy) is 1. The van der Waals surface area contributed by atoms with Crippen LogP contribution >= 0.6 is 11.3 Å². The lowest BCUT2D eigenvalue weighted by Gasteiger charge is -2.23. The summed E-state index contributed by atoms with van der Waals surface area (Å²) in [5.41, 5.74) is 4.46. The predicted octanol–water partition coefficient (Wildman–Crippen LogP) is 2.19. The van der Waals surface area contributed by atoms with Crippen LogP contribution in [0.15, 0.2) is 11.6 Å². The maximum Gasteiger partial charge on any atom is 0.265 e. The van der Waals surface area contributed by atoms with Crippen LogP contribution in [0.2, 0.25) is 0 Å². The third kappa shape index (κ3) is 3.96. The molecule has 1 aliphatic rings. The summed E-state index contributed by atoms with van der Waals surface area (Å²) >= 11 is 1.40. The lowest BCUT2D eigenvalue weighted by molar-refractivity contribution is 0.0741. The van der Waals surface area contributed by atoms with Gasteiger partial charge in [-0.05, 0) is 26.8 Å². The van der Waals surface area contributed by atoms with Crippen molar-refractivity contribution in [3.63, 3.8) is 0 Å². The van der Waals surface area contributed by atoms with Crippen molar-refractivity contribution in [1.82, 2.24) is 19.9 Å². The first-order valence-corrected chi connectivity index (χ1v) is 8.99. The summed E-state index contributed by atoms with van der Waals surface area (Å²) in [6, 6.07) is 1.97. The molecular weight excluding hydrogens is 324 g/mol. The molecule has 1 aliphatic heterocycles. The average Bonchev–Trinajstić information content (AvgIpc) is 2.80. The molecule has 0 N–H and O–H groups in total. The number of amides is 1. The number of carbonyl (C=O) groups is 1. The molecule has 1 saturated heterocycles. The number of hydrogen-bond donors (Lipinski definition) is 0. The Labute approximate surface area is 145 Å². The summed E-state index contributed by atoms with van der Waals surface area (Å²) in [6.45, 7) is 8.29. The van der Waals surface area contributed by atoms with Gasteiger partial charge in [0.05, 0.1) is 24.4 Å². The van der Waals surface area contributed by atoms with Crippen LogP contribution in [0.3, 0.4) is 0 Å². The zero-order chi connectivity index (χ0) is 17.1. The molecule has 0 aromatic carbocycles. The number of aryl methyl sites for hydroxylation is 3. The molecule has 1 amide bonds. The molecule has 0 spiro atoms. The summed E-state index contributed by atoms with van der Waals surface area (Å²) in [5, 5.41) is 0. The van der Waals surface area contributed by atoms with Crippen LogP contribution in [0.4, 0.5) is 0 Å². The largest absolute Gasteiger partial charge is 0.379 e. The highest BCUT2D eigenvalue weighted by Crippen LogP contribution is 2.19. The van der Waals surface area contributed by atoms with Gasteiger partial charge in [0, 0.05) is 36.8 Å². The van der Waals surface area contributed by atoms with Crippen LogP contribution in [0, 0.1) is 26.7 Å². The smallest absolute Gasteiger partial charge is 0.265 e. The van der Waals surface area contributed by atoms with E-state index in [1.54, 1.807) is 5.51 Å². The minimum absolute atomic E-state index is 0.0480. The van der Waals surface area contributed by atoms with E-state index < -0.39 is 0 Å². The van der Waals surface area contributed by atoms with Gasteiger partial charge in [-0.1, -0.05) is 0 Å². The molecular formula is C17H22N4O2S. The lowest BCUT2D eigenvalue weighted by atomic mass is 10.1. The fourth-order valence-electron chi connectivity index (χ4n) is 2.99. The van der Waals surface area contributed by atoms with Crippen molar-refractivity contribution in [2.75, 3.05) is 26.3 Å². The van der Waals surface area contributed by atoms with Crippen LogP contribution in [-0.2, 0) is 11.2 Å². The first-order valence-electron chi connectivity index (χ1n) is 8.11. The van der Waals surface area contributed by atoms with E-state index in [-0.39, 0.29) is 11.8 Å². The van der Waals surface area contributed by atoms with Crippen molar-refractivity contribution in [2.45, 2.75) is 27.2 Å². The highest BCUT2D eigenvalue weighted by Gasteiger charge is 2.26. The molecule has 3 heterocycles. The molecule has 1 fully saturated rings. The number of thiazole rings is 1. The Bertz CT molecular complexity index is 711. The van der Waals surface area contributed by atoms with E-state index >= 15 is 0 Å². The third-order valence-corrected chi connectivity index (χ3v) is 4.98. The second-order valence-electron chi connectivity index (χ2n) is 6.23. The number of nitrogens with zero attached hydrogens (tertiary/aromatic N) is 4. The zero-order valence-corrected chi connectivity index (χ0v) is 15.1. The van der Waals surface area contributed by atoms with Crippen molar-refractivity contribution in [1.29, 1.82) is 0 Å². The Hall–Kier alpha value is -1.86. The van der Waals surface area contributed by atoms with Crippen LogP contribution < -0.4 is 0 Å². The van der Waals surface area contributed by atoms with Gasteiger partial charge in [0.1, 0.15) is 10.7 Å². The first-order chi connectivity index (χ1) is 11.5. The Morgan fingerprint density at radius 1 is 1.33 bits per heavy atom. The summed E-state index contributed by atoms with van der Waals surface area (Å²) in [6.07, 6.45) is 0.716. The summed E-state index contributed by atoms with van der Waals surface area (Å²) < 4.78 is 5.71. The minimum Gasteiger partial charge on any atom is -0.379 e. The van der Waals surface area contributed by atoms with Gasteiger partial charge in [-0.3, -0.25) is 4.79 Å². The van der Waals surface area contributed by atoms with Crippen molar-refractivity contribution in [3.8, 4) is 0 Å². The fraction of sp³-hybridized carbons (Fsp3) is 0.529. The Kier molecular flexibility index (Phi) is 5.20. The van der Waals surface area contributed by atoms with Crippen LogP contribution in [0.1, 0.15) is 32.6 Å². The molecule has 0 aliphatic carbocycles. The number of rotatable bonds is 3. The van der Waals surface area contributed by atoms with E-state index in [0.29, 0.717) is 32.7 Å². The van der Waals surface area contributed by atoms with E-state index in [0.717, 1.165) is 27.8 Å². The van der Waals surface area contributed by atoms with E-state index in [1.807, 2.05) is 31.7 Å². The van der Waals surface area contributed by atoms with E-state index in [1.165, 1.54) is 11.3 Å². The van der Waals surface area contributed by atoms with Gasteiger partial charge in [-0.25, -0.2) is 15.0 Å². The molecule has 2 aromatic rings. The van der Waals surface area contributed by atoms with Crippen molar-refractivity contribution >= 4 is 17.2 Å². The predicted molar refractivity (Wildman–Crippen MR) is 92.3 cm³/mol. The normalized spacial score (nSPS) is 18.5.